The monoisotopic (exact) mass is 431 g/mol. The molecule has 0 spiro atoms. The van der Waals surface area contributed by atoms with Crippen LogP contribution < -0.4 is 5.32 Å². The first-order valence-corrected chi connectivity index (χ1v) is 9.75. The van der Waals surface area contributed by atoms with Crippen molar-refractivity contribution in [3.8, 4) is 11.1 Å². The summed E-state index contributed by atoms with van der Waals surface area (Å²) in [6.45, 7) is 0. The van der Waals surface area contributed by atoms with Crippen LogP contribution in [0.2, 0.25) is 0 Å². The highest BCUT2D eigenvalue weighted by Crippen LogP contribution is 2.32. The molecule has 0 fully saturated rings. The molecule has 0 bridgehead atoms. The molecule has 0 unspecified atom stereocenters. The number of hydrogen-bond acceptors (Lipinski definition) is 3. The zero-order valence-electron chi connectivity index (χ0n) is 15.4. The molecular formula is C22H16F3NO3S. The summed E-state index contributed by atoms with van der Waals surface area (Å²) in [4.78, 5) is 24.1. The van der Waals surface area contributed by atoms with E-state index in [0.717, 1.165) is 28.8 Å². The van der Waals surface area contributed by atoms with E-state index in [1.165, 1.54) is 12.1 Å². The Bertz CT molecular complexity index is 1050. The van der Waals surface area contributed by atoms with E-state index in [1.807, 2.05) is 0 Å². The minimum Gasteiger partial charge on any atom is -0.481 e. The minimum absolute atomic E-state index is 0.0633. The third-order valence-electron chi connectivity index (χ3n) is 4.17. The highest BCUT2D eigenvalue weighted by atomic mass is 32.2. The van der Waals surface area contributed by atoms with E-state index in [-0.39, 0.29) is 5.75 Å². The largest absolute Gasteiger partial charge is 0.481 e. The molecule has 0 atom stereocenters. The second-order valence-electron chi connectivity index (χ2n) is 6.28. The van der Waals surface area contributed by atoms with Gasteiger partial charge >= 0.3 is 12.1 Å². The Morgan fingerprint density at radius 1 is 0.900 bits per heavy atom. The maximum absolute atomic E-state index is 12.8. The van der Waals surface area contributed by atoms with Gasteiger partial charge in [0.1, 0.15) is 0 Å². The molecule has 154 valence electrons. The van der Waals surface area contributed by atoms with Crippen LogP contribution in [0.15, 0.2) is 77.7 Å². The molecule has 0 saturated carbocycles. The average molecular weight is 431 g/mol. The van der Waals surface area contributed by atoms with Crippen LogP contribution in [-0.4, -0.2) is 22.7 Å². The van der Waals surface area contributed by atoms with Crippen molar-refractivity contribution in [3.63, 3.8) is 0 Å². The van der Waals surface area contributed by atoms with Gasteiger partial charge < -0.3 is 10.4 Å². The van der Waals surface area contributed by atoms with Gasteiger partial charge in [-0.05, 0) is 53.6 Å². The molecule has 4 nitrogen and oxygen atoms in total. The number of alkyl halides is 3. The van der Waals surface area contributed by atoms with Gasteiger partial charge in [0.15, 0.2) is 0 Å². The fourth-order valence-electron chi connectivity index (χ4n) is 2.75. The molecule has 8 heteroatoms. The van der Waals surface area contributed by atoms with Crippen molar-refractivity contribution in [2.75, 3.05) is 11.1 Å². The van der Waals surface area contributed by atoms with Crippen molar-refractivity contribution in [2.24, 2.45) is 0 Å². The Labute approximate surface area is 174 Å². The molecule has 1 amide bonds. The number of carbonyl (C=O) groups is 2. The van der Waals surface area contributed by atoms with Gasteiger partial charge in [0.2, 0.25) is 0 Å². The lowest BCUT2D eigenvalue weighted by atomic mass is 9.98. The predicted molar refractivity (Wildman–Crippen MR) is 110 cm³/mol. The van der Waals surface area contributed by atoms with Crippen molar-refractivity contribution in [1.29, 1.82) is 0 Å². The van der Waals surface area contributed by atoms with Crippen LogP contribution in [0.4, 0.5) is 18.9 Å². The highest BCUT2D eigenvalue weighted by Gasteiger charge is 2.30. The third kappa shape index (κ3) is 5.42. The van der Waals surface area contributed by atoms with Crippen molar-refractivity contribution in [1.82, 2.24) is 0 Å². The van der Waals surface area contributed by atoms with Gasteiger partial charge in [-0.25, -0.2) is 0 Å². The van der Waals surface area contributed by atoms with Gasteiger partial charge in [-0.3, -0.25) is 9.59 Å². The van der Waals surface area contributed by atoms with Gasteiger partial charge in [0, 0.05) is 16.1 Å². The van der Waals surface area contributed by atoms with Crippen LogP contribution in [0.1, 0.15) is 15.9 Å². The normalized spacial score (nSPS) is 11.2. The van der Waals surface area contributed by atoms with E-state index in [0.29, 0.717) is 22.4 Å². The fourth-order valence-corrected chi connectivity index (χ4v) is 3.37. The van der Waals surface area contributed by atoms with E-state index < -0.39 is 23.6 Å². The smallest absolute Gasteiger partial charge is 0.416 e. The van der Waals surface area contributed by atoms with Crippen LogP contribution in [0.5, 0.6) is 0 Å². The maximum Gasteiger partial charge on any atom is 0.416 e. The Morgan fingerprint density at radius 2 is 1.53 bits per heavy atom. The second kappa shape index (κ2) is 9.04. The molecule has 3 aromatic rings. The molecule has 0 aliphatic rings. The van der Waals surface area contributed by atoms with Crippen LogP contribution >= 0.6 is 11.8 Å². The Balaban J connectivity index is 1.78. The summed E-state index contributed by atoms with van der Waals surface area (Å²) in [7, 11) is 0. The van der Waals surface area contributed by atoms with Crippen molar-refractivity contribution in [3.05, 3.63) is 83.9 Å². The zero-order chi connectivity index (χ0) is 21.7. The summed E-state index contributed by atoms with van der Waals surface area (Å²) in [5.74, 6) is -1.39. The molecule has 0 aliphatic carbocycles. The van der Waals surface area contributed by atoms with Crippen molar-refractivity contribution >= 4 is 29.3 Å². The first-order chi connectivity index (χ1) is 14.2. The van der Waals surface area contributed by atoms with E-state index in [4.69, 9.17) is 5.11 Å². The van der Waals surface area contributed by atoms with E-state index in [9.17, 15) is 22.8 Å². The van der Waals surface area contributed by atoms with Gasteiger partial charge in [0.25, 0.3) is 5.91 Å². The molecule has 3 rings (SSSR count). The number of aliphatic carboxylic acids is 1. The molecule has 3 aromatic carbocycles. The lowest BCUT2D eigenvalue weighted by Crippen LogP contribution is -2.13. The summed E-state index contributed by atoms with van der Waals surface area (Å²) in [5.41, 5.74) is 1.09. The molecule has 0 aliphatic heterocycles. The third-order valence-corrected chi connectivity index (χ3v) is 5.17. The number of benzene rings is 3. The summed E-state index contributed by atoms with van der Waals surface area (Å²) in [6.07, 6.45) is -4.43. The molecule has 0 aromatic heterocycles. The molecule has 0 saturated heterocycles. The van der Waals surface area contributed by atoms with Crippen molar-refractivity contribution in [2.45, 2.75) is 11.1 Å². The van der Waals surface area contributed by atoms with Crippen LogP contribution in [-0.2, 0) is 11.0 Å². The van der Waals surface area contributed by atoms with Gasteiger partial charge in [-0.15, -0.1) is 11.8 Å². The molecule has 0 heterocycles. The summed E-state index contributed by atoms with van der Waals surface area (Å²) >= 11 is 1.16. The number of carboxylic acids is 1. The molecule has 2 N–H and O–H groups in total. The number of halogens is 3. The molecular weight excluding hydrogens is 415 g/mol. The lowest BCUT2D eigenvalue weighted by molar-refractivity contribution is -0.137. The van der Waals surface area contributed by atoms with E-state index in [2.05, 4.69) is 5.32 Å². The lowest BCUT2D eigenvalue weighted by Gasteiger charge is -2.12. The topological polar surface area (TPSA) is 66.4 Å². The first kappa shape index (κ1) is 21.4. The quantitative estimate of drug-likeness (QED) is 0.484. The van der Waals surface area contributed by atoms with Crippen molar-refractivity contribution < 1.29 is 27.9 Å². The number of nitrogens with one attached hydrogen (secondary N) is 1. The number of rotatable bonds is 6. The maximum atomic E-state index is 12.8. The first-order valence-electron chi connectivity index (χ1n) is 8.77. The summed E-state index contributed by atoms with van der Waals surface area (Å²) in [6, 6.07) is 18.0. The number of anilines is 1. The Hall–Kier alpha value is -3.26. The van der Waals surface area contributed by atoms with Crippen LogP contribution in [0.25, 0.3) is 11.1 Å². The number of carbonyl (C=O) groups excluding carboxylic acids is 1. The predicted octanol–water partition coefficient (Wildman–Crippen LogP) is 5.80. The summed E-state index contributed by atoms with van der Waals surface area (Å²) in [5, 5.41) is 11.5. The second-order valence-corrected chi connectivity index (χ2v) is 7.33. The fraction of sp³-hybridized carbons (Fsp3) is 0.0909. The standard InChI is InChI=1S/C22H16F3NO3S/c23-22(24,25)15-7-5-14(6-8-15)18-3-1-2-4-19(18)21(29)26-16-9-11-17(12-10-16)30-13-20(27)28/h1-12H,13H2,(H,26,29)(H,27,28). The number of hydrogen-bond donors (Lipinski definition) is 2. The highest BCUT2D eigenvalue weighted by molar-refractivity contribution is 8.00. The SMILES string of the molecule is O=C(O)CSc1ccc(NC(=O)c2ccccc2-c2ccc(C(F)(F)F)cc2)cc1. The Morgan fingerprint density at radius 3 is 2.13 bits per heavy atom. The number of carboxylic acid groups (broad SMARTS) is 1. The molecule has 0 radical (unpaired) electrons. The van der Waals surface area contributed by atoms with E-state index in [1.54, 1.807) is 48.5 Å². The molecule has 30 heavy (non-hydrogen) atoms. The van der Waals surface area contributed by atoms with Gasteiger partial charge in [0.05, 0.1) is 11.3 Å². The van der Waals surface area contributed by atoms with Crippen LogP contribution in [0, 0.1) is 0 Å². The number of amides is 1. The summed E-state index contributed by atoms with van der Waals surface area (Å²) < 4.78 is 38.4. The zero-order valence-corrected chi connectivity index (χ0v) is 16.3. The minimum atomic E-state index is -4.43. The van der Waals surface area contributed by atoms with Crippen LogP contribution in [0.3, 0.4) is 0 Å². The Kier molecular flexibility index (Phi) is 6.47. The van der Waals surface area contributed by atoms with Gasteiger partial charge in [-0.2, -0.15) is 13.2 Å². The average Bonchev–Trinajstić information content (AvgIpc) is 2.72. The van der Waals surface area contributed by atoms with E-state index >= 15 is 0 Å². The number of thioether (sulfide) groups is 1. The van der Waals surface area contributed by atoms with Gasteiger partial charge in [-0.1, -0.05) is 30.3 Å².